The van der Waals surface area contributed by atoms with Crippen LogP contribution < -0.4 is 0 Å². The van der Waals surface area contributed by atoms with Gasteiger partial charge in [-0.2, -0.15) is 0 Å². The predicted molar refractivity (Wildman–Crippen MR) is 117 cm³/mol. The van der Waals surface area contributed by atoms with Gasteiger partial charge in [-0.05, 0) is 63.4 Å². The molecule has 2 fully saturated rings. The fourth-order valence-corrected chi connectivity index (χ4v) is 4.79. The van der Waals surface area contributed by atoms with Crippen molar-refractivity contribution in [3.8, 4) is 0 Å². The highest BCUT2D eigenvalue weighted by Gasteiger charge is 2.26. The first-order chi connectivity index (χ1) is 14.2. The summed E-state index contributed by atoms with van der Waals surface area (Å²) in [5.41, 5.74) is 2.63. The summed E-state index contributed by atoms with van der Waals surface area (Å²) in [4.78, 5) is 19.4. The van der Waals surface area contributed by atoms with Crippen LogP contribution in [0, 0.1) is 12.8 Å². The maximum absolute atomic E-state index is 12.6. The number of carbonyl (C=O) groups excluding carboxylic acids is 1. The van der Waals surface area contributed by atoms with E-state index in [2.05, 4.69) is 40.7 Å². The van der Waals surface area contributed by atoms with E-state index in [4.69, 9.17) is 4.98 Å². The number of rotatable bonds is 8. The summed E-state index contributed by atoms with van der Waals surface area (Å²) in [6.45, 7) is 5.15. The van der Waals surface area contributed by atoms with Gasteiger partial charge in [-0.25, -0.2) is 4.98 Å². The third kappa shape index (κ3) is 5.09. The maximum atomic E-state index is 12.6. The molecule has 1 aliphatic heterocycles. The first-order valence-corrected chi connectivity index (χ1v) is 11.5. The standard InChI is InChI=1S/C25H35N3O/c1-20-19-26-25(23-10-6-11-23)28(20)18-15-22-13-16-27(17-14-22)24(29)12-5-9-21-7-3-2-4-8-21/h2-4,7-8,19,22-23H,5-6,9-18H2,1H3. The van der Waals surface area contributed by atoms with E-state index in [-0.39, 0.29) is 0 Å². The minimum atomic E-state index is 0.345. The average Bonchev–Trinajstić information content (AvgIpc) is 3.06. The Morgan fingerprint density at radius 1 is 1.10 bits per heavy atom. The maximum Gasteiger partial charge on any atom is 0.222 e. The van der Waals surface area contributed by atoms with E-state index >= 15 is 0 Å². The summed E-state index contributed by atoms with van der Waals surface area (Å²) >= 11 is 0. The minimum Gasteiger partial charge on any atom is -0.343 e. The lowest BCUT2D eigenvalue weighted by molar-refractivity contribution is -0.132. The van der Waals surface area contributed by atoms with E-state index < -0.39 is 0 Å². The Balaban J connectivity index is 1.18. The molecule has 156 valence electrons. The van der Waals surface area contributed by atoms with Crippen molar-refractivity contribution in [2.45, 2.75) is 77.2 Å². The van der Waals surface area contributed by atoms with E-state index in [1.807, 2.05) is 12.3 Å². The second-order valence-corrected chi connectivity index (χ2v) is 8.99. The summed E-state index contributed by atoms with van der Waals surface area (Å²) in [6, 6.07) is 10.5. The van der Waals surface area contributed by atoms with Gasteiger partial charge in [-0.15, -0.1) is 0 Å². The number of nitrogens with zero attached hydrogens (tertiary/aromatic N) is 3. The quantitative estimate of drug-likeness (QED) is 0.625. The van der Waals surface area contributed by atoms with Gasteiger partial charge < -0.3 is 9.47 Å². The lowest BCUT2D eigenvalue weighted by atomic mass is 9.84. The molecule has 2 aromatic rings. The molecule has 29 heavy (non-hydrogen) atoms. The molecule has 2 heterocycles. The van der Waals surface area contributed by atoms with Crippen molar-refractivity contribution in [2.24, 2.45) is 5.92 Å². The van der Waals surface area contributed by atoms with Crippen LogP contribution in [-0.2, 0) is 17.8 Å². The second kappa shape index (κ2) is 9.60. The lowest BCUT2D eigenvalue weighted by Gasteiger charge is -2.33. The number of hydrogen-bond donors (Lipinski definition) is 0. The van der Waals surface area contributed by atoms with E-state index in [9.17, 15) is 4.79 Å². The monoisotopic (exact) mass is 393 g/mol. The van der Waals surface area contributed by atoms with E-state index in [0.717, 1.165) is 51.2 Å². The number of imidazole rings is 1. The van der Waals surface area contributed by atoms with Crippen LogP contribution in [0.25, 0.3) is 0 Å². The predicted octanol–water partition coefficient (Wildman–Crippen LogP) is 5.11. The summed E-state index contributed by atoms with van der Waals surface area (Å²) in [5.74, 6) is 3.09. The van der Waals surface area contributed by atoms with Gasteiger partial charge in [0.15, 0.2) is 0 Å². The van der Waals surface area contributed by atoms with E-state index in [1.165, 1.54) is 42.8 Å². The van der Waals surface area contributed by atoms with Crippen LogP contribution in [0.1, 0.15) is 74.4 Å². The van der Waals surface area contributed by atoms with Crippen molar-refractivity contribution in [1.29, 1.82) is 0 Å². The van der Waals surface area contributed by atoms with Crippen LogP contribution in [-0.4, -0.2) is 33.4 Å². The molecule has 1 amide bonds. The molecule has 0 atom stereocenters. The Morgan fingerprint density at radius 2 is 1.86 bits per heavy atom. The zero-order chi connectivity index (χ0) is 20.1. The van der Waals surface area contributed by atoms with Gasteiger partial charge in [-0.1, -0.05) is 36.8 Å². The first kappa shape index (κ1) is 20.2. The molecule has 0 bridgehead atoms. The van der Waals surface area contributed by atoms with Gasteiger partial charge in [0.05, 0.1) is 0 Å². The highest BCUT2D eigenvalue weighted by Crippen LogP contribution is 2.36. The molecule has 1 aliphatic carbocycles. The highest BCUT2D eigenvalue weighted by molar-refractivity contribution is 5.76. The number of likely N-dealkylation sites (tertiary alicyclic amines) is 1. The Morgan fingerprint density at radius 3 is 2.55 bits per heavy atom. The van der Waals surface area contributed by atoms with Crippen LogP contribution in [0.5, 0.6) is 0 Å². The zero-order valence-corrected chi connectivity index (χ0v) is 17.9. The minimum absolute atomic E-state index is 0.345. The highest BCUT2D eigenvalue weighted by atomic mass is 16.2. The van der Waals surface area contributed by atoms with Crippen LogP contribution >= 0.6 is 0 Å². The molecular weight excluding hydrogens is 358 g/mol. The molecule has 1 aromatic heterocycles. The molecule has 1 saturated heterocycles. The van der Waals surface area contributed by atoms with Crippen molar-refractivity contribution in [3.63, 3.8) is 0 Å². The topological polar surface area (TPSA) is 38.1 Å². The van der Waals surface area contributed by atoms with E-state index in [1.54, 1.807) is 0 Å². The fourth-order valence-electron chi connectivity index (χ4n) is 4.79. The number of amides is 1. The van der Waals surface area contributed by atoms with Crippen LogP contribution in [0.3, 0.4) is 0 Å². The van der Waals surface area contributed by atoms with Gasteiger partial charge in [-0.3, -0.25) is 4.79 Å². The molecule has 4 nitrogen and oxygen atoms in total. The van der Waals surface area contributed by atoms with Gasteiger partial charge in [0.25, 0.3) is 0 Å². The molecule has 0 radical (unpaired) electrons. The molecule has 1 aromatic carbocycles. The largest absolute Gasteiger partial charge is 0.343 e. The summed E-state index contributed by atoms with van der Waals surface area (Å²) in [5, 5.41) is 0. The molecule has 0 spiro atoms. The van der Waals surface area contributed by atoms with Crippen molar-refractivity contribution in [1.82, 2.24) is 14.5 Å². The Bertz CT molecular complexity index is 786. The van der Waals surface area contributed by atoms with Crippen molar-refractivity contribution in [2.75, 3.05) is 13.1 Å². The third-order valence-corrected chi connectivity index (χ3v) is 6.98. The van der Waals surface area contributed by atoms with Crippen molar-refractivity contribution < 1.29 is 4.79 Å². The van der Waals surface area contributed by atoms with Gasteiger partial charge in [0, 0.05) is 43.9 Å². The lowest BCUT2D eigenvalue weighted by Crippen LogP contribution is -2.38. The normalized spacial score (nSPS) is 18.0. The number of hydrogen-bond acceptors (Lipinski definition) is 2. The number of benzene rings is 1. The summed E-state index contributed by atoms with van der Waals surface area (Å²) in [7, 11) is 0. The Hall–Kier alpha value is -2.10. The van der Waals surface area contributed by atoms with Crippen LogP contribution in [0.15, 0.2) is 36.5 Å². The smallest absolute Gasteiger partial charge is 0.222 e. The number of aromatic nitrogens is 2. The molecule has 4 rings (SSSR count). The zero-order valence-electron chi connectivity index (χ0n) is 17.9. The van der Waals surface area contributed by atoms with Crippen LogP contribution in [0.4, 0.5) is 0 Å². The van der Waals surface area contributed by atoms with Gasteiger partial charge >= 0.3 is 0 Å². The number of piperidine rings is 1. The fraction of sp³-hybridized carbons (Fsp3) is 0.600. The molecule has 0 unspecified atom stereocenters. The summed E-state index contributed by atoms with van der Waals surface area (Å²) < 4.78 is 2.46. The average molecular weight is 394 g/mol. The van der Waals surface area contributed by atoms with E-state index in [0.29, 0.717) is 18.2 Å². The van der Waals surface area contributed by atoms with Gasteiger partial charge in [0.2, 0.25) is 5.91 Å². The van der Waals surface area contributed by atoms with Crippen molar-refractivity contribution >= 4 is 5.91 Å². The molecule has 2 aliphatic rings. The SMILES string of the molecule is Cc1cnc(C2CCC2)n1CCC1CCN(C(=O)CCCc2ccccc2)CC1. The third-order valence-electron chi connectivity index (χ3n) is 6.98. The Kier molecular flexibility index (Phi) is 6.68. The molecule has 4 heteroatoms. The Labute approximate surface area is 175 Å². The number of aryl methyl sites for hydroxylation is 2. The molecular formula is C25H35N3O. The second-order valence-electron chi connectivity index (χ2n) is 8.99. The first-order valence-electron chi connectivity index (χ1n) is 11.5. The van der Waals surface area contributed by atoms with Crippen molar-refractivity contribution in [3.05, 3.63) is 53.6 Å². The summed E-state index contributed by atoms with van der Waals surface area (Å²) in [6.07, 6.45) is 12.2. The molecule has 1 saturated carbocycles. The van der Waals surface area contributed by atoms with Gasteiger partial charge in [0.1, 0.15) is 5.82 Å². The van der Waals surface area contributed by atoms with Crippen LogP contribution in [0.2, 0.25) is 0 Å². The number of carbonyl (C=O) groups is 1. The molecule has 0 N–H and O–H groups in total.